The maximum atomic E-state index is 12.9. The molecule has 1 rings (SSSR count). The van der Waals surface area contributed by atoms with E-state index in [0.717, 1.165) is 12.1 Å². The Kier molecular flexibility index (Phi) is 4.05. The van der Waals surface area contributed by atoms with Crippen molar-refractivity contribution in [2.45, 2.75) is 6.42 Å². The van der Waals surface area contributed by atoms with Crippen molar-refractivity contribution in [3.63, 3.8) is 0 Å². The Bertz CT molecular complexity index is 370. The fraction of sp³-hybridized carbons (Fsp3) is 0.200. The van der Waals surface area contributed by atoms with E-state index in [1.807, 2.05) is 0 Å². The molecule has 0 aliphatic carbocycles. The molecule has 0 aliphatic rings. The number of rotatable bonds is 1. The molecule has 0 heterocycles. The highest BCUT2D eigenvalue weighted by Gasteiger charge is 2.06. The second-order valence-corrected chi connectivity index (χ2v) is 3.32. The molecule has 0 unspecified atom stereocenters. The first-order valence-corrected chi connectivity index (χ1v) is 4.68. The van der Waals surface area contributed by atoms with Crippen molar-refractivity contribution in [3.8, 4) is 11.8 Å². The second kappa shape index (κ2) is 5.08. The van der Waals surface area contributed by atoms with E-state index in [1.54, 1.807) is 0 Å². The van der Waals surface area contributed by atoms with Crippen LogP contribution in [0.15, 0.2) is 16.6 Å². The summed E-state index contributed by atoms with van der Waals surface area (Å²) >= 11 is 2.76. The fourth-order valence-corrected chi connectivity index (χ4v) is 1.08. The van der Waals surface area contributed by atoms with Crippen LogP contribution in [0.4, 0.5) is 8.78 Å². The Morgan fingerprint density at radius 3 is 2.36 bits per heavy atom. The molecule has 0 aromatic heterocycles. The molecule has 0 amide bonds. The third-order valence-corrected chi connectivity index (χ3v) is 2.21. The van der Waals surface area contributed by atoms with E-state index in [2.05, 4.69) is 27.8 Å². The van der Waals surface area contributed by atoms with Gasteiger partial charge in [-0.3, -0.25) is 0 Å². The van der Waals surface area contributed by atoms with Gasteiger partial charge in [-0.15, -0.1) is 0 Å². The summed E-state index contributed by atoms with van der Waals surface area (Å²) < 4.78 is 25.7. The van der Waals surface area contributed by atoms with Crippen LogP contribution >= 0.6 is 15.9 Å². The summed E-state index contributed by atoms with van der Waals surface area (Å²) in [5.74, 6) is 3.76. The standard InChI is InChI=1S/C10H7BrF2O/c11-10-8(12)5-7(6-9(10)13)3-1-2-4-14/h5-6,14H,2,4H2. The number of hydrogen-bond acceptors (Lipinski definition) is 1. The van der Waals surface area contributed by atoms with Crippen molar-refractivity contribution in [1.82, 2.24) is 0 Å². The van der Waals surface area contributed by atoms with Gasteiger partial charge in [-0.2, -0.15) is 0 Å². The topological polar surface area (TPSA) is 20.2 Å². The number of aliphatic hydroxyl groups excluding tert-OH is 1. The van der Waals surface area contributed by atoms with Crippen molar-refractivity contribution in [2.75, 3.05) is 6.61 Å². The summed E-state index contributed by atoms with van der Waals surface area (Å²) in [7, 11) is 0. The van der Waals surface area contributed by atoms with Gasteiger partial charge >= 0.3 is 0 Å². The van der Waals surface area contributed by atoms with Gasteiger partial charge < -0.3 is 5.11 Å². The normalized spacial score (nSPS) is 9.43. The first-order valence-electron chi connectivity index (χ1n) is 3.89. The van der Waals surface area contributed by atoms with Gasteiger partial charge in [-0.1, -0.05) is 11.8 Å². The molecule has 14 heavy (non-hydrogen) atoms. The Morgan fingerprint density at radius 1 is 1.29 bits per heavy atom. The van der Waals surface area contributed by atoms with Gasteiger partial charge in [-0.05, 0) is 28.1 Å². The molecule has 0 saturated carbocycles. The van der Waals surface area contributed by atoms with Crippen molar-refractivity contribution < 1.29 is 13.9 Å². The Morgan fingerprint density at radius 2 is 1.86 bits per heavy atom. The zero-order valence-corrected chi connectivity index (χ0v) is 8.74. The van der Waals surface area contributed by atoms with E-state index in [-0.39, 0.29) is 16.6 Å². The second-order valence-electron chi connectivity index (χ2n) is 2.53. The quantitative estimate of drug-likeness (QED) is 0.608. The zero-order chi connectivity index (χ0) is 10.6. The van der Waals surface area contributed by atoms with Gasteiger partial charge in [0.2, 0.25) is 0 Å². The van der Waals surface area contributed by atoms with Crippen LogP contribution in [-0.2, 0) is 0 Å². The Balaban J connectivity index is 2.97. The highest BCUT2D eigenvalue weighted by Crippen LogP contribution is 2.20. The molecule has 1 nitrogen and oxygen atoms in total. The summed E-state index contributed by atoms with van der Waals surface area (Å²) in [6, 6.07) is 2.27. The molecule has 0 bridgehead atoms. The molecular formula is C10H7BrF2O. The third kappa shape index (κ3) is 2.79. The van der Waals surface area contributed by atoms with Crippen LogP contribution in [0.3, 0.4) is 0 Å². The monoisotopic (exact) mass is 260 g/mol. The largest absolute Gasteiger partial charge is 0.395 e. The van der Waals surface area contributed by atoms with Gasteiger partial charge in [0.25, 0.3) is 0 Å². The summed E-state index contributed by atoms with van der Waals surface area (Å²) in [6.07, 6.45) is 0.291. The molecule has 1 N–H and O–H groups in total. The summed E-state index contributed by atoms with van der Waals surface area (Å²) in [5.41, 5.74) is 0.261. The zero-order valence-electron chi connectivity index (χ0n) is 7.15. The highest BCUT2D eigenvalue weighted by molar-refractivity contribution is 9.10. The summed E-state index contributed by atoms with van der Waals surface area (Å²) in [5, 5.41) is 8.44. The van der Waals surface area contributed by atoms with Crippen LogP contribution in [0, 0.1) is 23.5 Å². The highest BCUT2D eigenvalue weighted by atomic mass is 79.9. The predicted octanol–water partition coefficient (Wildman–Crippen LogP) is 2.46. The minimum atomic E-state index is -0.682. The van der Waals surface area contributed by atoms with E-state index < -0.39 is 11.6 Å². The molecule has 0 radical (unpaired) electrons. The summed E-state index contributed by atoms with van der Waals surface area (Å²) in [6.45, 7) is -0.0610. The molecule has 0 fully saturated rings. The molecule has 74 valence electrons. The van der Waals surface area contributed by atoms with Crippen LogP contribution < -0.4 is 0 Å². The molecule has 0 aliphatic heterocycles. The lowest BCUT2D eigenvalue weighted by molar-refractivity contribution is 0.305. The molecular weight excluding hydrogens is 254 g/mol. The first-order chi connectivity index (χ1) is 6.65. The predicted molar refractivity (Wildman–Crippen MR) is 52.6 cm³/mol. The van der Waals surface area contributed by atoms with Gasteiger partial charge in [0.15, 0.2) is 0 Å². The Hall–Kier alpha value is -0.920. The van der Waals surface area contributed by atoms with Crippen molar-refractivity contribution in [1.29, 1.82) is 0 Å². The third-order valence-electron chi connectivity index (χ3n) is 1.45. The minimum absolute atomic E-state index is 0.0610. The lowest BCUT2D eigenvalue weighted by Crippen LogP contribution is -1.87. The SMILES string of the molecule is OCCC#Cc1cc(F)c(Br)c(F)c1. The van der Waals surface area contributed by atoms with Crippen LogP contribution in [0.25, 0.3) is 0 Å². The summed E-state index contributed by atoms with van der Waals surface area (Å²) in [4.78, 5) is 0. The first kappa shape index (κ1) is 11.2. The molecule has 1 aromatic rings. The molecule has 0 saturated heterocycles. The van der Waals surface area contributed by atoms with Crippen LogP contribution in [-0.4, -0.2) is 11.7 Å². The van der Waals surface area contributed by atoms with E-state index in [9.17, 15) is 8.78 Å². The maximum absolute atomic E-state index is 12.9. The van der Waals surface area contributed by atoms with Gasteiger partial charge in [0, 0.05) is 12.0 Å². The number of aliphatic hydroxyl groups is 1. The van der Waals surface area contributed by atoms with E-state index >= 15 is 0 Å². The fourth-order valence-electron chi connectivity index (χ4n) is 0.848. The number of benzene rings is 1. The van der Waals surface area contributed by atoms with Gasteiger partial charge in [0.1, 0.15) is 11.6 Å². The lowest BCUT2D eigenvalue weighted by Gasteiger charge is -1.97. The van der Waals surface area contributed by atoms with Crippen LogP contribution in [0.1, 0.15) is 12.0 Å². The van der Waals surface area contributed by atoms with Crippen molar-refractivity contribution in [3.05, 3.63) is 33.8 Å². The molecule has 0 spiro atoms. The number of halogens is 3. The average Bonchev–Trinajstić information content (AvgIpc) is 2.14. The van der Waals surface area contributed by atoms with Crippen molar-refractivity contribution >= 4 is 15.9 Å². The molecule has 4 heteroatoms. The van der Waals surface area contributed by atoms with Crippen molar-refractivity contribution in [2.24, 2.45) is 0 Å². The Labute approximate surface area is 88.9 Å². The number of hydrogen-bond donors (Lipinski definition) is 1. The van der Waals surface area contributed by atoms with Crippen LogP contribution in [0.2, 0.25) is 0 Å². The molecule has 0 atom stereocenters. The average molecular weight is 261 g/mol. The maximum Gasteiger partial charge on any atom is 0.141 e. The minimum Gasteiger partial charge on any atom is -0.395 e. The molecule has 1 aromatic carbocycles. The van der Waals surface area contributed by atoms with Gasteiger partial charge in [0.05, 0.1) is 11.1 Å². The van der Waals surface area contributed by atoms with E-state index in [4.69, 9.17) is 5.11 Å². The van der Waals surface area contributed by atoms with Gasteiger partial charge in [-0.25, -0.2) is 8.78 Å². The van der Waals surface area contributed by atoms with Crippen LogP contribution in [0.5, 0.6) is 0 Å². The van der Waals surface area contributed by atoms with E-state index in [0.29, 0.717) is 6.42 Å². The smallest absolute Gasteiger partial charge is 0.141 e. The van der Waals surface area contributed by atoms with E-state index in [1.165, 1.54) is 0 Å². The lowest BCUT2D eigenvalue weighted by atomic mass is 10.2.